The van der Waals surface area contributed by atoms with Gasteiger partial charge in [-0.3, -0.25) is 0 Å². The molecule has 6 heteroatoms. The Morgan fingerprint density at radius 3 is 2.75 bits per heavy atom. The SMILES string of the molecule is O=C(O)c1nccnc1NC[C@@H]1CC[C@H]1O. The van der Waals surface area contributed by atoms with Gasteiger partial charge in [-0.05, 0) is 12.8 Å². The summed E-state index contributed by atoms with van der Waals surface area (Å²) in [5, 5.41) is 21.1. The molecular weight excluding hydrogens is 210 g/mol. The molecule has 1 saturated carbocycles. The molecule has 86 valence electrons. The molecule has 0 aliphatic heterocycles. The van der Waals surface area contributed by atoms with E-state index in [9.17, 15) is 9.90 Å². The first-order chi connectivity index (χ1) is 7.68. The van der Waals surface area contributed by atoms with Crippen LogP contribution in [0.3, 0.4) is 0 Å². The molecule has 1 aromatic rings. The predicted molar refractivity (Wildman–Crippen MR) is 56.2 cm³/mol. The summed E-state index contributed by atoms with van der Waals surface area (Å²) in [6.07, 6.45) is 4.27. The van der Waals surface area contributed by atoms with Crippen LogP contribution < -0.4 is 5.32 Å². The number of rotatable bonds is 4. The fourth-order valence-corrected chi connectivity index (χ4v) is 1.64. The summed E-state index contributed by atoms with van der Waals surface area (Å²) in [7, 11) is 0. The topological polar surface area (TPSA) is 95.3 Å². The Balaban J connectivity index is 2.00. The van der Waals surface area contributed by atoms with Crippen molar-refractivity contribution in [1.29, 1.82) is 0 Å². The van der Waals surface area contributed by atoms with Gasteiger partial charge in [0.2, 0.25) is 0 Å². The van der Waals surface area contributed by atoms with E-state index in [0.29, 0.717) is 6.54 Å². The molecule has 1 heterocycles. The van der Waals surface area contributed by atoms with Crippen LogP contribution in [0.1, 0.15) is 23.3 Å². The van der Waals surface area contributed by atoms with Crippen LogP contribution in [0.5, 0.6) is 0 Å². The molecule has 1 aliphatic rings. The van der Waals surface area contributed by atoms with E-state index in [-0.39, 0.29) is 23.5 Å². The number of carboxylic acid groups (broad SMARTS) is 1. The average molecular weight is 223 g/mol. The molecule has 2 rings (SSSR count). The minimum absolute atomic E-state index is 0.0867. The van der Waals surface area contributed by atoms with E-state index in [1.807, 2.05) is 0 Å². The van der Waals surface area contributed by atoms with Gasteiger partial charge in [0.05, 0.1) is 6.10 Å². The molecule has 0 bridgehead atoms. The smallest absolute Gasteiger partial charge is 0.358 e. The highest BCUT2D eigenvalue weighted by Gasteiger charge is 2.28. The maximum atomic E-state index is 10.8. The monoisotopic (exact) mass is 223 g/mol. The zero-order chi connectivity index (χ0) is 11.5. The minimum atomic E-state index is -1.11. The summed E-state index contributed by atoms with van der Waals surface area (Å²) in [6, 6.07) is 0. The molecule has 1 aromatic heterocycles. The normalized spacial score (nSPS) is 23.6. The van der Waals surface area contributed by atoms with E-state index in [0.717, 1.165) is 12.8 Å². The highest BCUT2D eigenvalue weighted by Crippen LogP contribution is 2.27. The second-order valence-electron chi connectivity index (χ2n) is 3.84. The predicted octanol–water partition coefficient (Wildman–Crippen LogP) is 0.358. The molecule has 3 N–H and O–H groups in total. The van der Waals surface area contributed by atoms with Crippen LogP contribution in [0.2, 0.25) is 0 Å². The highest BCUT2D eigenvalue weighted by molar-refractivity contribution is 5.90. The van der Waals surface area contributed by atoms with E-state index < -0.39 is 5.97 Å². The second kappa shape index (κ2) is 4.44. The lowest BCUT2D eigenvalue weighted by molar-refractivity contribution is 0.0314. The van der Waals surface area contributed by atoms with Crippen LogP contribution in [-0.4, -0.2) is 38.8 Å². The lowest BCUT2D eigenvalue weighted by atomic mass is 9.82. The number of aliphatic hydroxyl groups excluding tert-OH is 1. The number of nitrogens with one attached hydrogen (secondary N) is 1. The van der Waals surface area contributed by atoms with E-state index in [4.69, 9.17) is 5.11 Å². The Kier molecular flexibility index (Phi) is 3.00. The van der Waals surface area contributed by atoms with Crippen molar-refractivity contribution in [2.45, 2.75) is 18.9 Å². The van der Waals surface area contributed by atoms with Crippen molar-refractivity contribution >= 4 is 11.8 Å². The Labute approximate surface area is 92.4 Å². The van der Waals surface area contributed by atoms with E-state index in [1.54, 1.807) is 0 Å². The maximum absolute atomic E-state index is 10.8. The van der Waals surface area contributed by atoms with E-state index in [2.05, 4.69) is 15.3 Å². The number of nitrogens with zero attached hydrogens (tertiary/aromatic N) is 2. The molecular formula is C10H13N3O3. The van der Waals surface area contributed by atoms with Crippen LogP contribution in [-0.2, 0) is 0 Å². The van der Waals surface area contributed by atoms with E-state index in [1.165, 1.54) is 12.4 Å². The molecule has 6 nitrogen and oxygen atoms in total. The van der Waals surface area contributed by atoms with Crippen molar-refractivity contribution in [2.24, 2.45) is 5.92 Å². The number of carboxylic acids is 1. The Bertz CT molecular complexity index is 397. The summed E-state index contributed by atoms with van der Waals surface area (Å²) < 4.78 is 0. The van der Waals surface area contributed by atoms with Gasteiger partial charge in [-0.25, -0.2) is 14.8 Å². The van der Waals surface area contributed by atoms with Crippen LogP contribution >= 0.6 is 0 Å². The second-order valence-corrected chi connectivity index (χ2v) is 3.84. The highest BCUT2D eigenvalue weighted by atomic mass is 16.4. The number of hydrogen-bond acceptors (Lipinski definition) is 5. The lowest BCUT2D eigenvalue weighted by Crippen LogP contribution is -2.36. The van der Waals surface area contributed by atoms with Gasteiger partial charge < -0.3 is 15.5 Å². The first-order valence-electron chi connectivity index (χ1n) is 5.14. The number of aromatic carboxylic acids is 1. The van der Waals surface area contributed by atoms with Crippen molar-refractivity contribution in [3.05, 3.63) is 18.1 Å². The van der Waals surface area contributed by atoms with Gasteiger partial charge in [-0.1, -0.05) is 0 Å². The third-order valence-electron chi connectivity index (χ3n) is 2.81. The fourth-order valence-electron chi connectivity index (χ4n) is 1.64. The molecule has 0 unspecified atom stereocenters. The van der Waals surface area contributed by atoms with Crippen molar-refractivity contribution in [3.8, 4) is 0 Å². The summed E-state index contributed by atoms with van der Waals surface area (Å²) in [6.45, 7) is 0.528. The van der Waals surface area contributed by atoms with Crippen LogP contribution in [0, 0.1) is 5.92 Å². The zero-order valence-corrected chi connectivity index (χ0v) is 8.63. The summed E-state index contributed by atoms with van der Waals surface area (Å²) in [5.74, 6) is -0.664. The van der Waals surface area contributed by atoms with Crippen LogP contribution in [0.25, 0.3) is 0 Å². The molecule has 0 radical (unpaired) electrons. The van der Waals surface area contributed by atoms with Gasteiger partial charge in [0.25, 0.3) is 0 Å². The first-order valence-corrected chi connectivity index (χ1v) is 5.14. The number of anilines is 1. The number of hydrogen-bond donors (Lipinski definition) is 3. The summed E-state index contributed by atoms with van der Waals surface area (Å²) in [5.41, 5.74) is -0.0867. The molecule has 1 fully saturated rings. The van der Waals surface area contributed by atoms with Crippen molar-refractivity contribution in [3.63, 3.8) is 0 Å². The fraction of sp³-hybridized carbons (Fsp3) is 0.500. The molecule has 0 aromatic carbocycles. The largest absolute Gasteiger partial charge is 0.476 e. The molecule has 16 heavy (non-hydrogen) atoms. The number of carbonyl (C=O) groups is 1. The van der Waals surface area contributed by atoms with Crippen molar-refractivity contribution < 1.29 is 15.0 Å². The van der Waals surface area contributed by atoms with Gasteiger partial charge in [0.1, 0.15) is 0 Å². The molecule has 2 atom stereocenters. The Hall–Kier alpha value is -1.69. The quantitative estimate of drug-likeness (QED) is 0.682. The number of aliphatic hydroxyl groups is 1. The summed E-state index contributed by atoms with van der Waals surface area (Å²) >= 11 is 0. The van der Waals surface area contributed by atoms with Gasteiger partial charge in [0.15, 0.2) is 11.5 Å². The van der Waals surface area contributed by atoms with Gasteiger partial charge >= 0.3 is 5.97 Å². The summed E-state index contributed by atoms with van der Waals surface area (Å²) in [4.78, 5) is 18.5. The maximum Gasteiger partial charge on any atom is 0.358 e. The Morgan fingerprint density at radius 1 is 1.44 bits per heavy atom. The van der Waals surface area contributed by atoms with Crippen molar-refractivity contribution in [2.75, 3.05) is 11.9 Å². The molecule has 0 saturated heterocycles. The van der Waals surface area contributed by atoms with Gasteiger partial charge in [-0.15, -0.1) is 0 Å². The molecule has 1 aliphatic carbocycles. The minimum Gasteiger partial charge on any atom is -0.476 e. The number of aromatic nitrogens is 2. The third kappa shape index (κ3) is 2.11. The van der Waals surface area contributed by atoms with Crippen LogP contribution in [0.15, 0.2) is 12.4 Å². The van der Waals surface area contributed by atoms with Gasteiger partial charge in [0, 0.05) is 24.9 Å². The average Bonchev–Trinajstić information content (AvgIpc) is 2.27. The van der Waals surface area contributed by atoms with Crippen molar-refractivity contribution in [1.82, 2.24) is 9.97 Å². The Morgan fingerprint density at radius 2 is 2.19 bits per heavy atom. The van der Waals surface area contributed by atoms with Crippen LogP contribution in [0.4, 0.5) is 5.82 Å². The van der Waals surface area contributed by atoms with Gasteiger partial charge in [-0.2, -0.15) is 0 Å². The van der Waals surface area contributed by atoms with E-state index >= 15 is 0 Å². The zero-order valence-electron chi connectivity index (χ0n) is 8.63. The molecule has 0 spiro atoms. The standard InChI is InChI=1S/C10H13N3O3/c14-7-2-1-6(7)5-13-9-8(10(15)16)11-3-4-12-9/h3-4,6-7,14H,1-2,5H2,(H,12,13)(H,15,16)/t6-,7+/m0/s1. The molecule has 0 amide bonds. The third-order valence-corrected chi connectivity index (χ3v) is 2.81. The first kappa shape index (κ1) is 10.8. The lowest BCUT2D eigenvalue weighted by Gasteiger charge is -2.32.